The Balaban J connectivity index is 3.07. The number of pyridine rings is 1. The molecule has 0 saturated heterocycles. The monoisotopic (exact) mass is 376 g/mol. The molecular weight excluding hydrogens is 357 g/mol. The number of hydrogen-bond donors (Lipinski definition) is 5. The van der Waals surface area contributed by atoms with Gasteiger partial charge in [0.05, 0.1) is 18.9 Å². The molecule has 9 nitrogen and oxygen atoms in total. The predicted molar refractivity (Wildman–Crippen MR) is 85.6 cm³/mol. The number of aliphatic carboxylic acids is 1. The molecule has 0 amide bonds. The standard InChI is InChI=1S/C14H19F3N6O3/c15-14(16,17)6-10(13(25)26)9(12(18)22-23-19)5-8-1-2-11(21-7-8)20-3-4-24/h1-2,7,9-10,24H,3-6H2,(H,20,21)(H,25,26)(H3,18,19,22). The lowest BCUT2D eigenvalue weighted by Gasteiger charge is -2.24. The third kappa shape index (κ3) is 7.01. The van der Waals surface area contributed by atoms with E-state index < -0.39 is 36.2 Å². The molecule has 0 saturated carbocycles. The molecule has 0 aromatic carbocycles. The number of carboxylic acids is 1. The first kappa shape index (κ1) is 21.3. The van der Waals surface area contributed by atoms with Crippen molar-refractivity contribution in [3.05, 3.63) is 23.9 Å². The number of halogens is 3. The van der Waals surface area contributed by atoms with Crippen LogP contribution in [0, 0.1) is 17.4 Å². The summed E-state index contributed by atoms with van der Waals surface area (Å²) in [6, 6.07) is 3.07. The number of aromatic nitrogens is 1. The van der Waals surface area contributed by atoms with Crippen molar-refractivity contribution in [3.8, 4) is 0 Å². The highest BCUT2D eigenvalue weighted by atomic mass is 19.4. The molecule has 6 N–H and O–H groups in total. The second-order valence-corrected chi connectivity index (χ2v) is 5.40. The Kier molecular flexibility index (Phi) is 7.90. The number of alkyl halides is 3. The van der Waals surface area contributed by atoms with Gasteiger partial charge in [0.2, 0.25) is 0 Å². The van der Waals surface area contributed by atoms with Crippen LogP contribution in [0.1, 0.15) is 12.0 Å². The maximum absolute atomic E-state index is 12.7. The Hall–Kier alpha value is -2.76. The van der Waals surface area contributed by atoms with Gasteiger partial charge in [-0.3, -0.25) is 4.79 Å². The molecule has 2 unspecified atom stereocenters. The van der Waals surface area contributed by atoms with Crippen LogP contribution >= 0.6 is 0 Å². The normalized spacial score (nSPS) is 14.5. The molecule has 26 heavy (non-hydrogen) atoms. The largest absolute Gasteiger partial charge is 0.481 e. The zero-order valence-corrected chi connectivity index (χ0v) is 13.6. The van der Waals surface area contributed by atoms with E-state index in [0.29, 0.717) is 11.4 Å². The Morgan fingerprint density at radius 1 is 1.38 bits per heavy atom. The number of nitrogens with two attached hydrogens (primary N) is 1. The van der Waals surface area contributed by atoms with Crippen molar-refractivity contribution in [2.45, 2.75) is 19.0 Å². The predicted octanol–water partition coefficient (Wildman–Crippen LogP) is 1.60. The lowest BCUT2D eigenvalue weighted by molar-refractivity contribution is -0.166. The van der Waals surface area contributed by atoms with Gasteiger partial charge in [-0.05, 0) is 18.1 Å². The fourth-order valence-corrected chi connectivity index (χ4v) is 2.32. The minimum atomic E-state index is -4.71. The van der Waals surface area contributed by atoms with Gasteiger partial charge in [0.25, 0.3) is 0 Å². The van der Waals surface area contributed by atoms with Crippen molar-refractivity contribution < 1.29 is 28.2 Å². The second kappa shape index (κ2) is 9.65. The number of aliphatic hydroxyl groups excluding tert-OH is 1. The summed E-state index contributed by atoms with van der Waals surface area (Å²) in [5, 5.41) is 26.6. The van der Waals surface area contributed by atoms with Gasteiger partial charge in [-0.1, -0.05) is 11.3 Å². The molecule has 1 aromatic rings. The highest BCUT2D eigenvalue weighted by Crippen LogP contribution is 2.31. The van der Waals surface area contributed by atoms with Crippen LogP contribution in [0.5, 0.6) is 0 Å². The maximum atomic E-state index is 12.7. The molecule has 1 aromatic heterocycles. The summed E-state index contributed by atoms with van der Waals surface area (Å²) in [5.41, 5.74) is 12.7. The number of nitrogens with zero attached hydrogens (tertiary/aromatic N) is 3. The number of amidine groups is 1. The lowest BCUT2D eigenvalue weighted by atomic mass is 9.84. The summed E-state index contributed by atoms with van der Waals surface area (Å²) >= 11 is 0. The number of rotatable bonds is 10. The molecule has 0 bridgehead atoms. The third-order valence-corrected chi connectivity index (χ3v) is 3.50. The Labute approximate surface area is 146 Å². The minimum Gasteiger partial charge on any atom is -0.481 e. The molecule has 0 aliphatic rings. The zero-order chi connectivity index (χ0) is 19.7. The van der Waals surface area contributed by atoms with Crippen LogP contribution in [0.2, 0.25) is 0 Å². The summed E-state index contributed by atoms with van der Waals surface area (Å²) in [5.74, 6) is -4.91. The number of anilines is 1. The molecular formula is C14H19F3N6O3. The van der Waals surface area contributed by atoms with E-state index in [1.54, 1.807) is 0 Å². The Bertz CT molecular complexity index is 636. The first-order chi connectivity index (χ1) is 12.2. The second-order valence-electron chi connectivity index (χ2n) is 5.40. The van der Waals surface area contributed by atoms with Crippen LogP contribution in [0.15, 0.2) is 28.7 Å². The van der Waals surface area contributed by atoms with Crippen LogP contribution in [0.3, 0.4) is 0 Å². The van der Waals surface area contributed by atoms with Gasteiger partial charge in [0.15, 0.2) is 0 Å². The van der Waals surface area contributed by atoms with Crippen LogP contribution in [-0.4, -0.2) is 46.3 Å². The summed E-state index contributed by atoms with van der Waals surface area (Å²) in [6.07, 6.45) is -5.13. The van der Waals surface area contributed by atoms with Crippen molar-refractivity contribution in [1.29, 1.82) is 5.53 Å². The highest BCUT2D eigenvalue weighted by molar-refractivity contribution is 5.87. The zero-order valence-electron chi connectivity index (χ0n) is 13.6. The highest BCUT2D eigenvalue weighted by Gasteiger charge is 2.41. The van der Waals surface area contributed by atoms with Crippen LogP contribution in [0.25, 0.3) is 0 Å². The van der Waals surface area contributed by atoms with Crippen molar-refractivity contribution in [2.75, 3.05) is 18.5 Å². The quantitative estimate of drug-likeness (QED) is 0.181. The van der Waals surface area contributed by atoms with Crippen LogP contribution in [0.4, 0.5) is 19.0 Å². The Morgan fingerprint density at radius 3 is 2.54 bits per heavy atom. The van der Waals surface area contributed by atoms with Crippen molar-refractivity contribution in [1.82, 2.24) is 4.98 Å². The molecule has 0 spiro atoms. The molecule has 12 heteroatoms. The third-order valence-electron chi connectivity index (χ3n) is 3.50. The lowest BCUT2D eigenvalue weighted by Crippen LogP contribution is -2.38. The van der Waals surface area contributed by atoms with Gasteiger partial charge in [0.1, 0.15) is 11.7 Å². The average molecular weight is 376 g/mol. The number of hydrogen-bond acceptors (Lipinski definition) is 6. The van der Waals surface area contributed by atoms with E-state index in [1.807, 2.05) is 0 Å². The van der Waals surface area contributed by atoms with E-state index in [2.05, 4.69) is 20.6 Å². The summed E-state index contributed by atoms with van der Waals surface area (Å²) < 4.78 is 38.2. The molecule has 0 fully saturated rings. The first-order valence-electron chi connectivity index (χ1n) is 7.47. The topological polar surface area (TPSA) is 157 Å². The summed E-state index contributed by atoms with van der Waals surface area (Å²) in [7, 11) is 0. The Morgan fingerprint density at radius 2 is 2.08 bits per heavy atom. The number of aliphatic hydroxyl groups is 1. The van der Waals surface area contributed by atoms with Crippen molar-refractivity contribution in [2.24, 2.45) is 27.9 Å². The number of nitrogens with one attached hydrogen (secondary N) is 2. The first-order valence-corrected chi connectivity index (χ1v) is 7.47. The van der Waals surface area contributed by atoms with Gasteiger partial charge in [-0.15, -0.1) is 5.10 Å². The summed E-state index contributed by atoms with van der Waals surface area (Å²) in [4.78, 5) is 15.4. The molecule has 144 valence electrons. The smallest absolute Gasteiger partial charge is 0.389 e. The van der Waals surface area contributed by atoms with Gasteiger partial charge < -0.3 is 21.3 Å². The van der Waals surface area contributed by atoms with Crippen LogP contribution < -0.4 is 11.1 Å². The minimum absolute atomic E-state index is 0.104. The number of carbonyl (C=O) groups is 1. The van der Waals surface area contributed by atoms with E-state index in [1.165, 1.54) is 18.3 Å². The number of carboxylic acid groups (broad SMARTS) is 1. The van der Waals surface area contributed by atoms with Crippen molar-refractivity contribution in [3.63, 3.8) is 0 Å². The van der Waals surface area contributed by atoms with E-state index in [4.69, 9.17) is 16.4 Å². The van der Waals surface area contributed by atoms with Gasteiger partial charge >= 0.3 is 12.1 Å². The van der Waals surface area contributed by atoms with Crippen LogP contribution in [-0.2, 0) is 11.2 Å². The SMILES string of the molecule is N=NN=C(N)C(Cc1ccc(NCCO)nc1)C(CC(F)(F)F)C(=O)O. The van der Waals surface area contributed by atoms with E-state index in [-0.39, 0.29) is 19.6 Å². The van der Waals surface area contributed by atoms with E-state index in [0.717, 1.165) is 0 Å². The molecule has 0 aliphatic carbocycles. The average Bonchev–Trinajstić information content (AvgIpc) is 2.56. The maximum Gasteiger partial charge on any atom is 0.389 e. The molecule has 1 rings (SSSR count). The van der Waals surface area contributed by atoms with Gasteiger partial charge in [0, 0.05) is 18.7 Å². The molecule has 2 atom stereocenters. The van der Waals surface area contributed by atoms with Gasteiger partial charge in [-0.25, -0.2) is 4.98 Å². The van der Waals surface area contributed by atoms with Crippen molar-refractivity contribution >= 4 is 17.6 Å². The fraction of sp³-hybridized carbons (Fsp3) is 0.500. The molecule has 1 heterocycles. The molecule has 0 aliphatic heterocycles. The fourth-order valence-electron chi connectivity index (χ4n) is 2.32. The van der Waals surface area contributed by atoms with E-state index in [9.17, 15) is 23.1 Å². The summed E-state index contributed by atoms with van der Waals surface area (Å²) in [6.45, 7) is 0.166. The van der Waals surface area contributed by atoms with Gasteiger partial charge in [-0.2, -0.15) is 18.7 Å². The van der Waals surface area contributed by atoms with E-state index >= 15 is 0 Å². The molecule has 0 radical (unpaired) electrons.